The van der Waals surface area contributed by atoms with E-state index in [0.717, 1.165) is 10.9 Å². The summed E-state index contributed by atoms with van der Waals surface area (Å²) in [4.78, 5) is 16.1. The van der Waals surface area contributed by atoms with Crippen LogP contribution in [-0.4, -0.2) is 23.7 Å². The van der Waals surface area contributed by atoms with E-state index in [9.17, 15) is 4.79 Å². The maximum atomic E-state index is 11.6. The molecule has 1 heterocycles. The molecule has 0 amide bonds. The third-order valence-electron chi connectivity index (χ3n) is 3.63. The van der Waals surface area contributed by atoms with Gasteiger partial charge in [0.2, 0.25) is 0 Å². The van der Waals surface area contributed by atoms with E-state index in [2.05, 4.69) is 20.9 Å². The molecule has 0 aliphatic carbocycles. The number of benzene rings is 2. The van der Waals surface area contributed by atoms with E-state index in [-0.39, 0.29) is 5.97 Å². The number of halogens is 1. The summed E-state index contributed by atoms with van der Waals surface area (Å²) in [5.74, 6) is 1.43. The molecule has 134 valence electrons. The number of carbonyl (C=O) groups excluding carboxylic acids is 1. The molecular formula is C20H18BrNO4. The van der Waals surface area contributed by atoms with Crippen molar-refractivity contribution in [2.75, 3.05) is 6.61 Å². The van der Waals surface area contributed by atoms with Gasteiger partial charge >= 0.3 is 5.97 Å². The number of esters is 1. The van der Waals surface area contributed by atoms with Crippen LogP contribution in [0, 0.1) is 0 Å². The van der Waals surface area contributed by atoms with Crippen LogP contribution in [0.1, 0.15) is 13.8 Å². The van der Waals surface area contributed by atoms with Crippen molar-refractivity contribution >= 4 is 32.8 Å². The van der Waals surface area contributed by atoms with Crippen LogP contribution in [0.2, 0.25) is 0 Å². The summed E-state index contributed by atoms with van der Waals surface area (Å²) in [6.45, 7) is 3.74. The molecule has 0 saturated carbocycles. The summed E-state index contributed by atoms with van der Waals surface area (Å²) in [6.07, 6.45) is -0.666. The van der Waals surface area contributed by atoms with Crippen LogP contribution in [0.25, 0.3) is 10.9 Å². The number of ether oxygens (including phenoxy) is 3. The van der Waals surface area contributed by atoms with E-state index >= 15 is 0 Å². The van der Waals surface area contributed by atoms with Crippen molar-refractivity contribution in [3.8, 4) is 17.2 Å². The maximum absolute atomic E-state index is 11.6. The first-order valence-electron chi connectivity index (χ1n) is 8.23. The van der Waals surface area contributed by atoms with Gasteiger partial charge in [-0.05, 0) is 66.2 Å². The number of rotatable bonds is 6. The molecule has 0 spiro atoms. The molecule has 1 aromatic heterocycles. The van der Waals surface area contributed by atoms with Crippen molar-refractivity contribution in [3.05, 3.63) is 59.2 Å². The fourth-order valence-electron chi connectivity index (χ4n) is 2.37. The average molecular weight is 416 g/mol. The molecule has 0 aliphatic heterocycles. The van der Waals surface area contributed by atoms with Gasteiger partial charge < -0.3 is 14.2 Å². The van der Waals surface area contributed by atoms with Crippen LogP contribution >= 0.6 is 15.9 Å². The first-order valence-corrected chi connectivity index (χ1v) is 9.02. The van der Waals surface area contributed by atoms with E-state index < -0.39 is 6.10 Å². The lowest BCUT2D eigenvalue weighted by Crippen LogP contribution is -2.25. The van der Waals surface area contributed by atoms with E-state index in [1.807, 2.05) is 30.3 Å². The smallest absolute Gasteiger partial charge is 0.347 e. The summed E-state index contributed by atoms with van der Waals surface area (Å²) in [5.41, 5.74) is 0.892. The molecule has 5 nitrogen and oxygen atoms in total. The molecule has 0 aliphatic rings. The maximum Gasteiger partial charge on any atom is 0.347 e. The Morgan fingerprint density at radius 2 is 1.81 bits per heavy atom. The van der Waals surface area contributed by atoms with Crippen LogP contribution in [0.5, 0.6) is 17.2 Å². The van der Waals surface area contributed by atoms with Gasteiger partial charge in [0.05, 0.1) is 12.1 Å². The molecule has 0 N–H and O–H groups in total. The van der Waals surface area contributed by atoms with Crippen LogP contribution in [-0.2, 0) is 9.53 Å². The van der Waals surface area contributed by atoms with Gasteiger partial charge in [0.15, 0.2) is 11.9 Å². The summed E-state index contributed by atoms with van der Waals surface area (Å²) in [5, 5.41) is 0.994. The standard InChI is InChI=1S/C20H18BrNO4/c1-3-24-20(23)13(2)25-15-8-10-16(11-9-15)26-18-12-14-6-4-5-7-17(14)22-19(18)21/h4-13H,3H2,1-2H3. The zero-order valence-corrected chi connectivity index (χ0v) is 16.0. The van der Waals surface area contributed by atoms with E-state index in [1.54, 1.807) is 38.1 Å². The molecule has 0 fully saturated rings. The average Bonchev–Trinajstić information content (AvgIpc) is 2.64. The van der Waals surface area contributed by atoms with Crippen molar-refractivity contribution in [3.63, 3.8) is 0 Å². The molecular weight excluding hydrogens is 398 g/mol. The Bertz CT molecular complexity index is 911. The van der Waals surface area contributed by atoms with Gasteiger partial charge in [-0.3, -0.25) is 0 Å². The van der Waals surface area contributed by atoms with Crippen molar-refractivity contribution < 1.29 is 19.0 Å². The minimum atomic E-state index is -0.666. The highest BCUT2D eigenvalue weighted by Gasteiger charge is 2.15. The summed E-state index contributed by atoms with van der Waals surface area (Å²) in [6, 6.07) is 16.8. The predicted molar refractivity (Wildman–Crippen MR) is 103 cm³/mol. The van der Waals surface area contributed by atoms with Crippen LogP contribution in [0.15, 0.2) is 59.2 Å². The Morgan fingerprint density at radius 3 is 2.54 bits per heavy atom. The fourth-order valence-corrected chi connectivity index (χ4v) is 2.76. The van der Waals surface area contributed by atoms with Gasteiger partial charge in [0.25, 0.3) is 0 Å². The largest absolute Gasteiger partial charge is 0.479 e. The van der Waals surface area contributed by atoms with Gasteiger partial charge in [0, 0.05) is 5.39 Å². The fraction of sp³-hybridized carbons (Fsp3) is 0.200. The SMILES string of the molecule is CCOC(=O)C(C)Oc1ccc(Oc2cc3ccccc3nc2Br)cc1. The Balaban J connectivity index is 1.71. The predicted octanol–water partition coefficient (Wildman–Crippen LogP) is 5.12. The van der Waals surface area contributed by atoms with Gasteiger partial charge in [-0.2, -0.15) is 0 Å². The molecule has 6 heteroatoms. The third-order valence-corrected chi connectivity index (χ3v) is 4.20. The van der Waals surface area contributed by atoms with Gasteiger partial charge in [-0.15, -0.1) is 0 Å². The van der Waals surface area contributed by atoms with Crippen LogP contribution < -0.4 is 9.47 Å². The highest BCUT2D eigenvalue weighted by atomic mass is 79.9. The molecule has 3 rings (SSSR count). The Labute approximate surface area is 160 Å². The zero-order chi connectivity index (χ0) is 18.5. The number of nitrogens with zero attached hydrogens (tertiary/aromatic N) is 1. The highest BCUT2D eigenvalue weighted by Crippen LogP contribution is 2.32. The number of para-hydroxylation sites is 1. The number of hydrogen-bond acceptors (Lipinski definition) is 5. The molecule has 26 heavy (non-hydrogen) atoms. The molecule has 2 aromatic carbocycles. The monoisotopic (exact) mass is 415 g/mol. The van der Waals surface area contributed by atoms with Crippen molar-refractivity contribution in [1.82, 2.24) is 4.98 Å². The lowest BCUT2D eigenvalue weighted by molar-refractivity contribution is -0.150. The van der Waals surface area contributed by atoms with E-state index in [1.165, 1.54) is 0 Å². The molecule has 1 unspecified atom stereocenters. The summed E-state index contributed by atoms with van der Waals surface area (Å²) in [7, 11) is 0. The second-order valence-corrected chi connectivity index (χ2v) is 6.31. The molecule has 0 bridgehead atoms. The molecule has 0 saturated heterocycles. The molecule has 1 atom stereocenters. The van der Waals surface area contributed by atoms with Crippen LogP contribution in [0.4, 0.5) is 0 Å². The summed E-state index contributed by atoms with van der Waals surface area (Å²) < 4.78 is 17.0. The molecule has 0 radical (unpaired) electrons. The quantitative estimate of drug-likeness (QED) is 0.413. The lowest BCUT2D eigenvalue weighted by Gasteiger charge is -2.14. The van der Waals surface area contributed by atoms with E-state index in [4.69, 9.17) is 14.2 Å². The lowest BCUT2D eigenvalue weighted by atomic mass is 10.2. The second kappa shape index (κ2) is 8.19. The first-order chi connectivity index (χ1) is 12.6. The number of aromatic nitrogens is 1. The Kier molecular flexibility index (Phi) is 5.73. The Hall–Kier alpha value is -2.60. The topological polar surface area (TPSA) is 57.7 Å². The van der Waals surface area contributed by atoms with Gasteiger partial charge in [-0.1, -0.05) is 18.2 Å². The second-order valence-electron chi connectivity index (χ2n) is 5.56. The van der Waals surface area contributed by atoms with Gasteiger partial charge in [0.1, 0.15) is 16.1 Å². The van der Waals surface area contributed by atoms with Gasteiger partial charge in [-0.25, -0.2) is 9.78 Å². The number of carbonyl (C=O) groups is 1. The Morgan fingerprint density at radius 1 is 1.12 bits per heavy atom. The number of hydrogen-bond donors (Lipinski definition) is 0. The van der Waals surface area contributed by atoms with Crippen LogP contribution in [0.3, 0.4) is 0 Å². The van der Waals surface area contributed by atoms with Crippen molar-refractivity contribution in [2.24, 2.45) is 0 Å². The zero-order valence-electron chi connectivity index (χ0n) is 14.4. The normalized spacial score (nSPS) is 11.8. The minimum absolute atomic E-state index is 0.327. The highest BCUT2D eigenvalue weighted by molar-refractivity contribution is 9.10. The number of pyridine rings is 1. The third kappa shape index (κ3) is 4.32. The number of fused-ring (bicyclic) bond motifs is 1. The summed E-state index contributed by atoms with van der Waals surface area (Å²) >= 11 is 3.44. The van der Waals surface area contributed by atoms with Crippen molar-refractivity contribution in [1.29, 1.82) is 0 Å². The minimum Gasteiger partial charge on any atom is -0.479 e. The first kappa shape index (κ1) is 18.2. The van der Waals surface area contributed by atoms with E-state index in [0.29, 0.717) is 28.5 Å². The molecule has 3 aromatic rings. The van der Waals surface area contributed by atoms with Crippen molar-refractivity contribution in [2.45, 2.75) is 20.0 Å².